The summed E-state index contributed by atoms with van der Waals surface area (Å²) >= 11 is 0. The maximum absolute atomic E-state index is 13.3. The number of amides is 2. The van der Waals surface area contributed by atoms with Crippen LogP contribution in [0.3, 0.4) is 0 Å². The van der Waals surface area contributed by atoms with Gasteiger partial charge in [-0.3, -0.25) is 14.7 Å². The van der Waals surface area contributed by atoms with Crippen molar-refractivity contribution in [1.82, 2.24) is 20.4 Å². The van der Waals surface area contributed by atoms with Crippen molar-refractivity contribution in [3.8, 4) is 0 Å². The summed E-state index contributed by atoms with van der Waals surface area (Å²) in [6.07, 6.45) is 4.19. The zero-order valence-corrected chi connectivity index (χ0v) is 17.5. The topological polar surface area (TPSA) is 78.1 Å². The number of carbonyl (C=O) groups is 2. The monoisotopic (exact) mass is 428 g/mol. The highest BCUT2D eigenvalue weighted by Gasteiger charge is 2.61. The van der Waals surface area contributed by atoms with Crippen LogP contribution in [0.25, 0.3) is 10.9 Å². The fourth-order valence-corrected chi connectivity index (χ4v) is 6.12. The molecule has 31 heavy (non-hydrogen) atoms. The van der Waals surface area contributed by atoms with Crippen molar-refractivity contribution in [3.05, 3.63) is 29.5 Å². The third kappa shape index (κ3) is 2.97. The SMILES string of the molecule is CC1(NC(=O)C2c3cccc4[nH]nc(c34)C(=O)N2CCC2CC3(C2)CC(F)(F)C3)CC1. The molecule has 0 bridgehead atoms. The molecule has 1 aromatic carbocycles. The molecule has 1 atom stereocenters. The van der Waals surface area contributed by atoms with Gasteiger partial charge in [0.15, 0.2) is 5.69 Å². The Balaban J connectivity index is 1.24. The first-order valence-corrected chi connectivity index (χ1v) is 11.2. The van der Waals surface area contributed by atoms with Gasteiger partial charge in [0.2, 0.25) is 11.8 Å². The van der Waals surface area contributed by atoms with Crippen LogP contribution in [0.15, 0.2) is 18.2 Å². The molecule has 4 aliphatic rings. The molecular formula is C23H26F2N4O2. The lowest BCUT2D eigenvalue weighted by molar-refractivity contribution is -0.207. The Morgan fingerprint density at radius 2 is 2.03 bits per heavy atom. The van der Waals surface area contributed by atoms with Crippen LogP contribution in [0.5, 0.6) is 0 Å². The number of H-pyrrole nitrogens is 1. The van der Waals surface area contributed by atoms with Gasteiger partial charge < -0.3 is 10.2 Å². The van der Waals surface area contributed by atoms with Crippen molar-refractivity contribution in [2.24, 2.45) is 11.3 Å². The van der Waals surface area contributed by atoms with Crippen LogP contribution >= 0.6 is 0 Å². The summed E-state index contributed by atoms with van der Waals surface area (Å²) in [5.74, 6) is -2.57. The van der Waals surface area contributed by atoms with E-state index in [-0.39, 0.29) is 35.6 Å². The van der Waals surface area contributed by atoms with Gasteiger partial charge in [-0.15, -0.1) is 0 Å². The Hall–Kier alpha value is -2.51. The van der Waals surface area contributed by atoms with Gasteiger partial charge in [-0.05, 0) is 62.0 Å². The van der Waals surface area contributed by atoms with E-state index in [9.17, 15) is 18.4 Å². The number of halogens is 2. The highest BCUT2D eigenvalue weighted by Crippen LogP contribution is 2.65. The Bertz CT molecular complexity index is 1090. The molecular weight excluding hydrogens is 402 g/mol. The normalized spacial score (nSPS) is 27.1. The summed E-state index contributed by atoms with van der Waals surface area (Å²) in [7, 11) is 0. The molecule has 0 radical (unpaired) electrons. The van der Waals surface area contributed by atoms with Gasteiger partial charge in [0.05, 0.1) is 5.52 Å². The molecule has 6 rings (SSSR count). The Morgan fingerprint density at radius 3 is 2.71 bits per heavy atom. The van der Waals surface area contributed by atoms with Gasteiger partial charge in [0.25, 0.3) is 5.91 Å². The number of carbonyl (C=O) groups excluding carboxylic acids is 2. The van der Waals surface area contributed by atoms with Gasteiger partial charge in [0.1, 0.15) is 6.04 Å². The van der Waals surface area contributed by atoms with E-state index in [0.29, 0.717) is 18.2 Å². The molecule has 1 aliphatic heterocycles. The molecule has 2 aromatic rings. The lowest BCUT2D eigenvalue weighted by atomic mass is 9.50. The molecule has 3 aliphatic carbocycles. The number of benzene rings is 1. The first kappa shape index (κ1) is 19.2. The number of nitrogens with zero attached hydrogens (tertiary/aromatic N) is 2. The van der Waals surface area contributed by atoms with Gasteiger partial charge in [-0.1, -0.05) is 12.1 Å². The number of nitrogens with one attached hydrogen (secondary N) is 2. The minimum Gasteiger partial charge on any atom is -0.349 e. The van der Waals surface area contributed by atoms with E-state index >= 15 is 0 Å². The van der Waals surface area contributed by atoms with E-state index in [2.05, 4.69) is 15.5 Å². The van der Waals surface area contributed by atoms with Gasteiger partial charge >= 0.3 is 0 Å². The first-order valence-electron chi connectivity index (χ1n) is 11.2. The van der Waals surface area contributed by atoms with Crippen molar-refractivity contribution in [2.75, 3.05) is 6.54 Å². The summed E-state index contributed by atoms with van der Waals surface area (Å²) in [6.45, 7) is 2.44. The zero-order valence-electron chi connectivity index (χ0n) is 17.5. The number of aromatic nitrogens is 2. The van der Waals surface area contributed by atoms with Crippen LogP contribution in [0.4, 0.5) is 8.78 Å². The molecule has 2 N–H and O–H groups in total. The zero-order chi connectivity index (χ0) is 21.6. The molecule has 1 unspecified atom stereocenters. The van der Waals surface area contributed by atoms with Gasteiger partial charge in [-0.2, -0.15) is 5.10 Å². The van der Waals surface area contributed by atoms with Gasteiger partial charge in [0, 0.05) is 30.3 Å². The molecule has 2 heterocycles. The molecule has 8 heteroatoms. The quantitative estimate of drug-likeness (QED) is 0.757. The summed E-state index contributed by atoms with van der Waals surface area (Å²) in [4.78, 5) is 28.3. The van der Waals surface area contributed by atoms with Crippen molar-refractivity contribution < 1.29 is 18.4 Å². The van der Waals surface area contributed by atoms with E-state index in [4.69, 9.17) is 0 Å². The van der Waals surface area contributed by atoms with E-state index in [1.165, 1.54) is 0 Å². The molecule has 6 nitrogen and oxygen atoms in total. The van der Waals surface area contributed by atoms with Crippen LogP contribution in [0.1, 0.15) is 74.0 Å². The Labute approximate surface area is 178 Å². The lowest BCUT2D eigenvalue weighted by Crippen LogP contribution is -2.54. The summed E-state index contributed by atoms with van der Waals surface area (Å²) in [5, 5.41) is 11.0. The molecule has 0 saturated heterocycles. The summed E-state index contributed by atoms with van der Waals surface area (Å²) in [6, 6.07) is 4.94. The van der Waals surface area contributed by atoms with Gasteiger partial charge in [-0.25, -0.2) is 8.78 Å². The predicted molar refractivity (Wildman–Crippen MR) is 110 cm³/mol. The van der Waals surface area contributed by atoms with Crippen LogP contribution in [0.2, 0.25) is 0 Å². The molecule has 3 fully saturated rings. The average molecular weight is 428 g/mol. The first-order chi connectivity index (χ1) is 14.7. The second kappa shape index (κ2) is 6.04. The van der Waals surface area contributed by atoms with Crippen LogP contribution < -0.4 is 5.32 Å². The highest BCUT2D eigenvalue weighted by atomic mass is 19.3. The van der Waals surface area contributed by atoms with Crippen molar-refractivity contribution in [3.63, 3.8) is 0 Å². The Morgan fingerprint density at radius 1 is 1.29 bits per heavy atom. The van der Waals surface area contributed by atoms with Crippen molar-refractivity contribution in [1.29, 1.82) is 0 Å². The van der Waals surface area contributed by atoms with Crippen molar-refractivity contribution in [2.45, 2.75) is 69.4 Å². The van der Waals surface area contributed by atoms with E-state index in [0.717, 1.165) is 48.6 Å². The van der Waals surface area contributed by atoms with E-state index in [1.807, 2.05) is 25.1 Å². The van der Waals surface area contributed by atoms with Crippen LogP contribution in [-0.4, -0.2) is 44.9 Å². The Kier molecular flexibility index (Phi) is 3.74. The van der Waals surface area contributed by atoms with E-state index in [1.54, 1.807) is 4.90 Å². The fraction of sp³-hybridized carbons (Fsp3) is 0.609. The minimum absolute atomic E-state index is 0.00137. The molecule has 1 spiro atoms. The highest BCUT2D eigenvalue weighted by molar-refractivity contribution is 6.11. The standard InChI is InChI=1S/C23H26F2N4O2/c1-21(6-7-21)26-19(30)18-14-3-2-4-15-16(14)17(28-27-15)20(31)29(18)8-5-13-9-22(10-13)11-23(24,25)12-22/h2-4,13,18H,5-12H2,1H3,(H,26,30)(H,27,28). The number of alkyl halides is 2. The van der Waals surface area contributed by atoms with E-state index < -0.39 is 12.0 Å². The molecule has 2 amide bonds. The van der Waals surface area contributed by atoms with Crippen molar-refractivity contribution >= 4 is 22.7 Å². The predicted octanol–water partition coefficient (Wildman–Crippen LogP) is 3.94. The lowest BCUT2D eigenvalue weighted by Gasteiger charge is -2.57. The molecule has 1 aromatic heterocycles. The maximum atomic E-state index is 13.3. The number of hydrogen-bond acceptors (Lipinski definition) is 3. The molecule has 3 saturated carbocycles. The minimum atomic E-state index is -2.50. The summed E-state index contributed by atoms with van der Waals surface area (Å²) < 4.78 is 26.6. The third-order valence-corrected chi connectivity index (χ3v) is 7.85. The van der Waals surface area contributed by atoms with Crippen LogP contribution in [0, 0.1) is 11.3 Å². The summed E-state index contributed by atoms with van der Waals surface area (Å²) in [5.41, 5.74) is 1.54. The fourth-order valence-electron chi connectivity index (χ4n) is 6.12. The molecule has 164 valence electrons. The smallest absolute Gasteiger partial charge is 0.275 e. The number of hydrogen-bond donors (Lipinski definition) is 2. The largest absolute Gasteiger partial charge is 0.349 e. The second-order valence-electron chi connectivity index (χ2n) is 10.6. The average Bonchev–Trinajstić information content (AvgIpc) is 3.21. The number of rotatable bonds is 5. The third-order valence-electron chi connectivity index (χ3n) is 7.85. The maximum Gasteiger partial charge on any atom is 0.275 e. The second-order valence-corrected chi connectivity index (χ2v) is 10.6. The number of aromatic amines is 1. The van der Waals surface area contributed by atoms with Crippen LogP contribution in [-0.2, 0) is 4.79 Å².